The van der Waals surface area contributed by atoms with Crippen molar-refractivity contribution in [1.29, 1.82) is 5.26 Å². The molecule has 5 nitrogen and oxygen atoms in total. The van der Waals surface area contributed by atoms with Crippen LogP contribution >= 0.6 is 0 Å². The molecule has 0 bridgehead atoms. The number of para-hydroxylation sites is 3. The van der Waals surface area contributed by atoms with Gasteiger partial charge in [-0.05, 0) is 48.0 Å². The Kier molecular flexibility index (Phi) is 6.06. The van der Waals surface area contributed by atoms with E-state index in [9.17, 15) is 10.1 Å². The fraction of sp³-hybridized carbons (Fsp3) is 0.0435. The van der Waals surface area contributed by atoms with Gasteiger partial charge in [0.2, 0.25) is 0 Å². The van der Waals surface area contributed by atoms with Crippen LogP contribution in [-0.2, 0) is 4.79 Å². The molecular formula is C23H19N3O2. The van der Waals surface area contributed by atoms with Gasteiger partial charge in [-0.25, -0.2) is 0 Å². The van der Waals surface area contributed by atoms with Gasteiger partial charge in [-0.3, -0.25) is 4.79 Å². The summed E-state index contributed by atoms with van der Waals surface area (Å²) in [6.07, 6.45) is 1.55. The minimum Gasteiger partial charge on any atom is -0.495 e. The monoisotopic (exact) mass is 369 g/mol. The molecule has 2 N–H and O–H groups in total. The molecule has 3 aromatic rings. The first-order chi connectivity index (χ1) is 13.7. The van der Waals surface area contributed by atoms with E-state index in [1.807, 2.05) is 60.7 Å². The number of amides is 1. The average molecular weight is 369 g/mol. The van der Waals surface area contributed by atoms with Gasteiger partial charge < -0.3 is 15.4 Å². The predicted octanol–water partition coefficient (Wildman–Crippen LogP) is 4.98. The van der Waals surface area contributed by atoms with Gasteiger partial charge in [-0.2, -0.15) is 5.26 Å². The number of carbonyl (C=O) groups is 1. The Hall–Kier alpha value is -4.04. The third-order valence-electron chi connectivity index (χ3n) is 4.00. The van der Waals surface area contributed by atoms with Gasteiger partial charge in [0.05, 0.1) is 12.8 Å². The second-order valence-electron chi connectivity index (χ2n) is 5.94. The summed E-state index contributed by atoms with van der Waals surface area (Å²) >= 11 is 0. The normalized spacial score (nSPS) is 10.6. The zero-order valence-electron chi connectivity index (χ0n) is 15.3. The van der Waals surface area contributed by atoms with Crippen LogP contribution in [0.1, 0.15) is 5.56 Å². The van der Waals surface area contributed by atoms with Crippen molar-refractivity contribution in [2.45, 2.75) is 0 Å². The summed E-state index contributed by atoms with van der Waals surface area (Å²) in [4.78, 5) is 12.5. The number of rotatable bonds is 6. The van der Waals surface area contributed by atoms with E-state index in [0.717, 1.165) is 16.9 Å². The minimum atomic E-state index is -0.488. The van der Waals surface area contributed by atoms with E-state index in [1.54, 1.807) is 30.3 Å². The number of hydrogen-bond donors (Lipinski definition) is 2. The molecule has 0 aliphatic carbocycles. The molecule has 0 radical (unpaired) electrons. The summed E-state index contributed by atoms with van der Waals surface area (Å²) in [5.74, 6) is 0.0444. The Bertz CT molecular complexity index is 1020. The SMILES string of the molecule is COc1ccccc1NC(=O)/C(C#N)=C/c1ccc(Nc2ccccc2)cc1. The first-order valence-electron chi connectivity index (χ1n) is 8.68. The number of methoxy groups -OCH3 is 1. The standard InChI is InChI=1S/C23H19N3O2/c1-28-22-10-6-5-9-21(22)26-23(27)18(16-24)15-17-11-13-20(14-12-17)25-19-7-3-2-4-8-19/h2-15,25H,1H3,(H,26,27)/b18-15+. The first kappa shape index (κ1) is 18.7. The minimum absolute atomic E-state index is 0.00896. The quantitative estimate of drug-likeness (QED) is 0.474. The van der Waals surface area contributed by atoms with Crippen molar-refractivity contribution < 1.29 is 9.53 Å². The lowest BCUT2D eigenvalue weighted by molar-refractivity contribution is -0.112. The summed E-state index contributed by atoms with van der Waals surface area (Å²) in [6.45, 7) is 0. The van der Waals surface area contributed by atoms with Crippen LogP contribution in [0.5, 0.6) is 5.75 Å². The van der Waals surface area contributed by atoms with Gasteiger partial charge in [0.15, 0.2) is 0 Å². The van der Waals surface area contributed by atoms with Crippen molar-refractivity contribution in [1.82, 2.24) is 0 Å². The Morgan fingerprint density at radius 2 is 1.57 bits per heavy atom. The van der Waals surface area contributed by atoms with Gasteiger partial charge in [-0.1, -0.05) is 42.5 Å². The molecule has 0 spiro atoms. The Balaban J connectivity index is 1.73. The van der Waals surface area contributed by atoms with Gasteiger partial charge in [0.1, 0.15) is 17.4 Å². The maximum Gasteiger partial charge on any atom is 0.266 e. The Labute approximate surface area is 163 Å². The van der Waals surface area contributed by atoms with Gasteiger partial charge in [0.25, 0.3) is 5.91 Å². The Morgan fingerprint density at radius 1 is 0.929 bits per heavy atom. The first-order valence-corrected chi connectivity index (χ1v) is 8.68. The van der Waals surface area contributed by atoms with Crippen LogP contribution in [0.15, 0.2) is 84.4 Å². The fourth-order valence-corrected chi connectivity index (χ4v) is 2.60. The molecule has 1 amide bonds. The second-order valence-corrected chi connectivity index (χ2v) is 5.94. The molecule has 0 aliphatic heterocycles. The molecule has 0 aromatic heterocycles. The highest BCUT2D eigenvalue weighted by molar-refractivity contribution is 6.10. The highest BCUT2D eigenvalue weighted by atomic mass is 16.5. The highest BCUT2D eigenvalue weighted by Crippen LogP contribution is 2.24. The number of ether oxygens (including phenoxy) is 1. The van der Waals surface area contributed by atoms with Crippen molar-refractivity contribution in [3.63, 3.8) is 0 Å². The molecule has 0 saturated heterocycles. The third-order valence-corrected chi connectivity index (χ3v) is 4.00. The lowest BCUT2D eigenvalue weighted by Gasteiger charge is -2.09. The fourth-order valence-electron chi connectivity index (χ4n) is 2.60. The summed E-state index contributed by atoms with van der Waals surface area (Å²) in [6, 6.07) is 26.3. The molecule has 28 heavy (non-hydrogen) atoms. The van der Waals surface area contributed by atoms with Crippen molar-refractivity contribution in [2.24, 2.45) is 0 Å². The van der Waals surface area contributed by atoms with Crippen molar-refractivity contribution in [3.05, 3.63) is 90.0 Å². The summed E-state index contributed by atoms with van der Waals surface area (Å²) in [5, 5.41) is 15.4. The van der Waals surface area contributed by atoms with E-state index in [-0.39, 0.29) is 5.57 Å². The topological polar surface area (TPSA) is 74.1 Å². The molecule has 5 heteroatoms. The smallest absolute Gasteiger partial charge is 0.266 e. The van der Waals surface area contributed by atoms with E-state index in [0.29, 0.717) is 11.4 Å². The number of hydrogen-bond acceptors (Lipinski definition) is 4. The molecule has 0 fully saturated rings. The molecule has 0 unspecified atom stereocenters. The Morgan fingerprint density at radius 3 is 2.25 bits per heavy atom. The van der Waals surface area contributed by atoms with Crippen LogP contribution in [0, 0.1) is 11.3 Å². The zero-order valence-corrected chi connectivity index (χ0v) is 15.3. The lowest BCUT2D eigenvalue weighted by atomic mass is 10.1. The molecule has 0 aliphatic rings. The van der Waals surface area contributed by atoms with Gasteiger partial charge >= 0.3 is 0 Å². The maximum atomic E-state index is 12.5. The third kappa shape index (κ3) is 4.77. The lowest BCUT2D eigenvalue weighted by Crippen LogP contribution is -2.14. The largest absolute Gasteiger partial charge is 0.495 e. The maximum absolute atomic E-state index is 12.5. The summed E-state index contributed by atoms with van der Waals surface area (Å²) in [7, 11) is 1.52. The number of nitriles is 1. The predicted molar refractivity (Wildman–Crippen MR) is 111 cm³/mol. The van der Waals surface area contributed by atoms with Crippen LogP contribution in [-0.4, -0.2) is 13.0 Å². The number of nitrogens with zero attached hydrogens (tertiary/aromatic N) is 1. The van der Waals surface area contributed by atoms with Crippen LogP contribution in [0.3, 0.4) is 0 Å². The summed E-state index contributed by atoms with van der Waals surface area (Å²) < 4.78 is 5.22. The molecule has 0 heterocycles. The van der Waals surface area contributed by atoms with E-state index >= 15 is 0 Å². The summed E-state index contributed by atoms with van der Waals surface area (Å²) in [5.41, 5.74) is 3.18. The number of nitrogens with one attached hydrogen (secondary N) is 2. The van der Waals surface area contributed by atoms with Gasteiger partial charge in [0, 0.05) is 11.4 Å². The van der Waals surface area contributed by atoms with Crippen LogP contribution in [0.2, 0.25) is 0 Å². The van der Waals surface area contributed by atoms with Crippen LogP contribution in [0.4, 0.5) is 17.1 Å². The number of anilines is 3. The molecule has 0 saturated carbocycles. The zero-order chi connectivity index (χ0) is 19.8. The van der Waals surface area contributed by atoms with Crippen molar-refractivity contribution in [2.75, 3.05) is 17.7 Å². The van der Waals surface area contributed by atoms with Crippen LogP contribution < -0.4 is 15.4 Å². The van der Waals surface area contributed by atoms with Crippen molar-refractivity contribution >= 4 is 29.0 Å². The molecular weight excluding hydrogens is 350 g/mol. The molecule has 0 atom stereocenters. The van der Waals surface area contributed by atoms with E-state index in [1.165, 1.54) is 7.11 Å². The van der Waals surface area contributed by atoms with E-state index in [4.69, 9.17) is 4.74 Å². The van der Waals surface area contributed by atoms with Crippen molar-refractivity contribution in [3.8, 4) is 11.8 Å². The average Bonchev–Trinajstić information content (AvgIpc) is 2.74. The van der Waals surface area contributed by atoms with E-state index < -0.39 is 5.91 Å². The molecule has 3 rings (SSSR count). The molecule has 138 valence electrons. The van der Waals surface area contributed by atoms with Crippen LogP contribution in [0.25, 0.3) is 6.08 Å². The van der Waals surface area contributed by atoms with E-state index in [2.05, 4.69) is 10.6 Å². The number of benzene rings is 3. The molecule has 3 aromatic carbocycles. The number of carbonyl (C=O) groups excluding carboxylic acids is 1. The second kappa shape index (κ2) is 9.06. The van der Waals surface area contributed by atoms with Gasteiger partial charge in [-0.15, -0.1) is 0 Å². The highest BCUT2D eigenvalue weighted by Gasteiger charge is 2.12.